The molecular formula is C36H70N4. The van der Waals surface area contributed by atoms with Gasteiger partial charge in [-0.1, -0.05) is 53.9 Å². The van der Waals surface area contributed by atoms with E-state index in [0.717, 1.165) is 86.5 Å². The van der Waals surface area contributed by atoms with Crippen LogP contribution in [0.5, 0.6) is 0 Å². The van der Waals surface area contributed by atoms with Crippen molar-refractivity contribution in [3.63, 3.8) is 0 Å². The Hall–Kier alpha value is -0.160. The van der Waals surface area contributed by atoms with Crippen LogP contribution in [0.15, 0.2) is 0 Å². The Morgan fingerprint density at radius 2 is 1.43 bits per heavy atom. The molecule has 5 N–H and O–H groups in total. The Labute approximate surface area is 249 Å². The van der Waals surface area contributed by atoms with E-state index in [1.54, 1.807) is 0 Å². The van der Waals surface area contributed by atoms with Crippen molar-refractivity contribution in [1.82, 2.24) is 10.2 Å². The maximum absolute atomic E-state index is 5.77. The molecule has 4 saturated carbocycles. The van der Waals surface area contributed by atoms with Gasteiger partial charge in [0.2, 0.25) is 0 Å². The number of hydrogen-bond donors (Lipinski definition) is 3. The standard InChI is InChI=1S/C36H70N4/c1-27(2)10-6-11-28(3)32-14-15-33-31-13-12-29-26-30(16-18-35(29,4)34(31)17-19-36(32,33)5)39-22-9-25-40(23-7-20-37)24-8-21-38/h27-34,39H,6-26,37-38H2,1-5H3/t28-,29-,30+,31-,32+,33-,34-,35-,36+/m0/s1. The summed E-state index contributed by atoms with van der Waals surface area (Å²) in [6.07, 6.45) is 21.2. The van der Waals surface area contributed by atoms with Gasteiger partial charge in [-0.05, 0) is 169 Å². The Bertz CT molecular complexity index is 732. The lowest BCUT2D eigenvalue weighted by atomic mass is 9.44. The SMILES string of the molecule is CC(C)CCC[C@H](C)[C@H]1CC[C@H]2[C@@H]3CC[C@H]4C[C@H](NCCCN(CCCN)CCCN)CC[C@]4(C)[C@H]3CC[C@]12C. The quantitative estimate of drug-likeness (QED) is 0.172. The molecule has 4 rings (SSSR count). The van der Waals surface area contributed by atoms with Crippen molar-refractivity contribution in [1.29, 1.82) is 0 Å². The summed E-state index contributed by atoms with van der Waals surface area (Å²) < 4.78 is 0. The van der Waals surface area contributed by atoms with E-state index in [2.05, 4.69) is 44.8 Å². The summed E-state index contributed by atoms with van der Waals surface area (Å²) in [6.45, 7) is 19.1. The summed E-state index contributed by atoms with van der Waals surface area (Å²) in [5.41, 5.74) is 12.8. The third-order valence-corrected chi connectivity index (χ3v) is 13.3. The van der Waals surface area contributed by atoms with Gasteiger partial charge in [-0.3, -0.25) is 0 Å². The molecule has 0 aromatic heterocycles. The molecule has 0 aliphatic heterocycles. The minimum Gasteiger partial charge on any atom is -0.330 e. The van der Waals surface area contributed by atoms with E-state index in [1.165, 1.54) is 96.6 Å². The predicted octanol–water partition coefficient (Wildman–Crippen LogP) is 7.46. The van der Waals surface area contributed by atoms with Crippen molar-refractivity contribution in [2.75, 3.05) is 39.3 Å². The van der Waals surface area contributed by atoms with Crippen LogP contribution in [0.1, 0.15) is 131 Å². The van der Waals surface area contributed by atoms with Crippen molar-refractivity contribution in [2.45, 2.75) is 137 Å². The van der Waals surface area contributed by atoms with Crippen molar-refractivity contribution in [3.05, 3.63) is 0 Å². The summed E-state index contributed by atoms with van der Waals surface area (Å²) >= 11 is 0. The van der Waals surface area contributed by atoms with Crippen LogP contribution in [0.25, 0.3) is 0 Å². The number of nitrogens with two attached hydrogens (primary N) is 2. The smallest absolute Gasteiger partial charge is 0.00701 e. The van der Waals surface area contributed by atoms with Crippen LogP contribution in [0, 0.1) is 52.3 Å². The van der Waals surface area contributed by atoms with Gasteiger partial charge < -0.3 is 21.7 Å². The van der Waals surface area contributed by atoms with Crippen LogP contribution < -0.4 is 16.8 Å². The average molecular weight is 559 g/mol. The largest absolute Gasteiger partial charge is 0.330 e. The Morgan fingerprint density at radius 3 is 2.12 bits per heavy atom. The predicted molar refractivity (Wildman–Crippen MR) is 173 cm³/mol. The van der Waals surface area contributed by atoms with Crippen molar-refractivity contribution >= 4 is 0 Å². The fraction of sp³-hybridized carbons (Fsp3) is 1.00. The lowest BCUT2D eigenvalue weighted by Gasteiger charge is -2.61. The molecule has 0 spiro atoms. The molecule has 0 amide bonds. The van der Waals surface area contributed by atoms with E-state index in [-0.39, 0.29) is 0 Å². The third kappa shape index (κ3) is 7.48. The van der Waals surface area contributed by atoms with Gasteiger partial charge in [-0.2, -0.15) is 0 Å². The second-order valence-corrected chi connectivity index (χ2v) is 16.1. The average Bonchev–Trinajstić information content (AvgIpc) is 3.29. The zero-order valence-corrected chi connectivity index (χ0v) is 27.6. The summed E-state index contributed by atoms with van der Waals surface area (Å²) in [6, 6.07) is 0.743. The van der Waals surface area contributed by atoms with E-state index in [9.17, 15) is 0 Å². The molecule has 40 heavy (non-hydrogen) atoms. The van der Waals surface area contributed by atoms with E-state index in [0.29, 0.717) is 10.8 Å². The maximum Gasteiger partial charge on any atom is 0.00701 e. The summed E-state index contributed by atoms with van der Waals surface area (Å²) in [5, 5.41) is 4.02. The summed E-state index contributed by atoms with van der Waals surface area (Å²) in [5.74, 6) is 6.74. The molecule has 4 nitrogen and oxygen atoms in total. The minimum absolute atomic E-state index is 0.602. The highest BCUT2D eigenvalue weighted by atomic mass is 15.1. The fourth-order valence-corrected chi connectivity index (χ4v) is 11.0. The number of hydrogen-bond acceptors (Lipinski definition) is 4. The normalized spacial score (nSPS) is 38.3. The monoisotopic (exact) mass is 559 g/mol. The zero-order valence-electron chi connectivity index (χ0n) is 27.6. The van der Waals surface area contributed by atoms with Crippen LogP contribution in [-0.4, -0.2) is 50.2 Å². The highest BCUT2D eigenvalue weighted by molar-refractivity contribution is 5.10. The second-order valence-electron chi connectivity index (χ2n) is 16.1. The first-order chi connectivity index (χ1) is 19.2. The topological polar surface area (TPSA) is 67.3 Å². The molecule has 4 aliphatic rings. The molecule has 0 aromatic rings. The molecule has 4 aliphatic carbocycles. The van der Waals surface area contributed by atoms with E-state index >= 15 is 0 Å². The second kappa shape index (κ2) is 15.0. The van der Waals surface area contributed by atoms with Crippen LogP contribution in [0.3, 0.4) is 0 Å². The first-order valence-electron chi connectivity index (χ1n) is 18.1. The zero-order chi connectivity index (χ0) is 28.8. The molecule has 0 aromatic carbocycles. The lowest BCUT2D eigenvalue weighted by molar-refractivity contribution is -0.118. The highest BCUT2D eigenvalue weighted by Gasteiger charge is 2.60. The van der Waals surface area contributed by atoms with Crippen LogP contribution in [-0.2, 0) is 0 Å². The van der Waals surface area contributed by atoms with Gasteiger partial charge >= 0.3 is 0 Å². The molecule has 234 valence electrons. The molecule has 0 unspecified atom stereocenters. The van der Waals surface area contributed by atoms with Crippen molar-refractivity contribution in [2.24, 2.45) is 63.7 Å². The van der Waals surface area contributed by atoms with Crippen LogP contribution >= 0.6 is 0 Å². The van der Waals surface area contributed by atoms with Gasteiger partial charge in [-0.25, -0.2) is 0 Å². The first kappa shape index (κ1) is 32.7. The Morgan fingerprint density at radius 1 is 0.750 bits per heavy atom. The van der Waals surface area contributed by atoms with Crippen molar-refractivity contribution < 1.29 is 0 Å². The van der Waals surface area contributed by atoms with Gasteiger partial charge in [0.05, 0.1) is 0 Å². The lowest BCUT2D eigenvalue weighted by Crippen LogP contribution is -2.55. The van der Waals surface area contributed by atoms with Gasteiger partial charge in [0.25, 0.3) is 0 Å². The molecule has 9 atom stereocenters. The number of nitrogens with zero attached hydrogens (tertiary/aromatic N) is 1. The van der Waals surface area contributed by atoms with E-state index in [4.69, 9.17) is 11.5 Å². The number of nitrogens with one attached hydrogen (secondary N) is 1. The maximum atomic E-state index is 5.77. The molecule has 4 heteroatoms. The number of fused-ring (bicyclic) bond motifs is 5. The molecule has 0 saturated heterocycles. The summed E-state index contributed by atoms with van der Waals surface area (Å²) in [7, 11) is 0. The van der Waals surface area contributed by atoms with Gasteiger partial charge in [0.15, 0.2) is 0 Å². The summed E-state index contributed by atoms with van der Waals surface area (Å²) in [4.78, 5) is 2.58. The van der Waals surface area contributed by atoms with Gasteiger partial charge in [0.1, 0.15) is 0 Å². The minimum atomic E-state index is 0.602. The number of rotatable bonds is 16. The molecule has 0 radical (unpaired) electrons. The first-order valence-corrected chi connectivity index (χ1v) is 18.1. The van der Waals surface area contributed by atoms with E-state index in [1.807, 2.05) is 0 Å². The molecule has 0 bridgehead atoms. The highest BCUT2D eigenvalue weighted by Crippen LogP contribution is 2.68. The van der Waals surface area contributed by atoms with E-state index < -0.39 is 0 Å². The van der Waals surface area contributed by atoms with Crippen LogP contribution in [0.2, 0.25) is 0 Å². The fourth-order valence-electron chi connectivity index (χ4n) is 11.0. The Kier molecular flexibility index (Phi) is 12.3. The molecule has 4 fully saturated rings. The third-order valence-electron chi connectivity index (χ3n) is 13.3. The van der Waals surface area contributed by atoms with Crippen LogP contribution in [0.4, 0.5) is 0 Å². The van der Waals surface area contributed by atoms with Crippen molar-refractivity contribution in [3.8, 4) is 0 Å². The van der Waals surface area contributed by atoms with Gasteiger partial charge in [0, 0.05) is 6.04 Å². The molecular weight excluding hydrogens is 488 g/mol. The molecule has 0 heterocycles. The van der Waals surface area contributed by atoms with Gasteiger partial charge in [-0.15, -0.1) is 0 Å². The Balaban J connectivity index is 1.26.